The first-order chi connectivity index (χ1) is 7.32. The van der Waals surface area contributed by atoms with Gasteiger partial charge in [-0.1, -0.05) is 19.3 Å². The molecule has 0 radical (unpaired) electrons. The molecule has 1 amide bonds. The Kier molecular flexibility index (Phi) is 2.23. The second kappa shape index (κ2) is 3.48. The van der Waals surface area contributed by atoms with E-state index in [1.165, 1.54) is 38.5 Å². The van der Waals surface area contributed by atoms with Gasteiger partial charge < -0.3 is 5.32 Å². The lowest BCUT2D eigenvalue weighted by Crippen LogP contribution is -2.66. The van der Waals surface area contributed by atoms with Gasteiger partial charge >= 0.3 is 0 Å². The molecule has 2 heterocycles. The van der Waals surface area contributed by atoms with Crippen LogP contribution in [0.2, 0.25) is 0 Å². The zero-order chi connectivity index (χ0) is 10.3. The van der Waals surface area contributed by atoms with Crippen molar-refractivity contribution in [1.29, 1.82) is 0 Å². The Hall–Kier alpha value is -0.570. The van der Waals surface area contributed by atoms with Crippen LogP contribution in [0, 0.1) is 0 Å². The van der Waals surface area contributed by atoms with Crippen molar-refractivity contribution >= 4 is 5.91 Å². The minimum absolute atomic E-state index is 0.205. The summed E-state index contributed by atoms with van der Waals surface area (Å²) in [5.74, 6) is 0.281. The first-order valence-electron chi connectivity index (χ1n) is 6.36. The van der Waals surface area contributed by atoms with Crippen molar-refractivity contribution in [3.63, 3.8) is 0 Å². The molecule has 0 aromatic rings. The molecule has 2 aliphatic heterocycles. The van der Waals surface area contributed by atoms with Crippen LogP contribution in [-0.2, 0) is 4.79 Å². The summed E-state index contributed by atoms with van der Waals surface area (Å²) in [6.45, 7) is 2.06. The molecule has 84 valence electrons. The van der Waals surface area contributed by atoms with Crippen LogP contribution in [0.25, 0.3) is 0 Å². The highest BCUT2D eigenvalue weighted by Crippen LogP contribution is 2.39. The number of hydrogen-bond acceptors (Lipinski definition) is 2. The molecule has 1 atom stereocenters. The summed E-state index contributed by atoms with van der Waals surface area (Å²) < 4.78 is 0. The molecule has 3 rings (SSSR count). The number of nitrogens with zero attached hydrogens (tertiary/aromatic N) is 1. The Morgan fingerprint density at radius 3 is 2.80 bits per heavy atom. The summed E-state index contributed by atoms with van der Waals surface area (Å²) in [5, 5.41) is 3.13. The van der Waals surface area contributed by atoms with E-state index in [9.17, 15) is 4.79 Å². The summed E-state index contributed by atoms with van der Waals surface area (Å²) in [4.78, 5) is 14.3. The molecule has 3 fully saturated rings. The molecular formula is C12H20N2O. The molecule has 1 N–H and O–H groups in total. The van der Waals surface area contributed by atoms with Gasteiger partial charge in [0, 0.05) is 12.1 Å². The predicted molar refractivity (Wildman–Crippen MR) is 58.6 cm³/mol. The van der Waals surface area contributed by atoms with Crippen LogP contribution < -0.4 is 5.32 Å². The minimum atomic E-state index is 0.205. The molecule has 1 saturated carbocycles. The van der Waals surface area contributed by atoms with Gasteiger partial charge in [-0.05, 0) is 32.2 Å². The van der Waals surface area contributed by atoms with Gasteiger partial charge in [-0.2, -0.15) is 0 Å². The SMILES string of the molecule is O=C1NCC2(CCCCC2)N2CCC[C@@H]12. The van der Waals surface area contributed by atoms with Crippen LogP contribution in [0.15, 0.2) is 0 Å². The first-order valence-corrected chi connectivity index (χ1v) is 6.36. The highest BCUT2D eigenvalue weighted by atomic mass is 16.2. The second-order valence-corrected chi connectivity index (χ2v) is 5.35. The Morgan fingerprint density at radius 2 is 2.00 bits per heavy atom. The summed E-state index contributed by atoms with van der Waals surface area (Å²) in [5.41, 5.74) is 0.341. The number of nitrogens with one attached hydrogen (secondary N) is 1. The Morgan fingerprint density at radius 1 is 1.20 bits per heavy atom. The molecule has 1 aliphatic carbocycles. The lowest BCUT2D eigenvalue weighted by molar-refractivity contribution is -0.134. The summed E-state index contributed by atoms with van der Waals surface area (Å²) in [7, 11) is 0. The normalized spacial score (nSPS) is 35.2. The van der Waals surface area contributed by atoms with E-state index in [1.54, 1.807) is 0 Å². The maximum atomic E-state index is 11.7. The number of rotatable bonds is 0. The average molecular weight is 208 g/mol. The fraction of sp³-hybridized carbons (Fsp3) is 0.917. The second-order valence-electron chi connectivity index (χ2n) is 5.35. The van der Waals surface area contributed by atoms with E-state index in [-0.39, 0.29) is 11.9 Å². The van der Waals surface area contributed by atoms with Crippen molar-refractivity contribution in [3.05, 3.63) is 0 Å². The standard InChI is InChI=1S/C12H20N2O/c15-11-10-5-4-8-14(10)12(9-13-11)6-2-1-3-7-12/h10H,1-9H2,(H,13,15)/t10-/m0/s1. The van der Waals surface area contributed by atoms with Gasteiger partial charge in [0.25, 0.3) is 0 Å². The van der Waals surface area contributed by atoms with E-state index < -0.39 is 0 Å². The lowest BCUT2D eigenvalue weighted by atomic mass is 9.78. The quantitative estimate of drug-likeness (QED) is 0.650. The average Bonchev–Trinajstić information content (AvgIpc) is 2.76. The maximum absolute atomic E-state index is 11.7. The number of piperazine rings is 1. The van der Waals surface area contributed by atoms with E-state index in [0.717, 1.165) is 19.5 Å². The third-order valence-corrected chi connectivity index (χ3v) is 4.54. The molecule has 0 bridgehead atoms. The van der Waals surface area contributed by atoms with Crippen LogP contribution >= 0.6 is 0 Å². The Labute approximate surface area is 91.2 Å². The van der Waals surface area contributed by atoms with Crippen molar-refractivity contribution < 1.29 is 4.79 Å². The topological polar surface area (TPSA) is 32.3 Å². The van der Waals surface area contributed by atoms with Crippen molar-refractivity contribution in [2.45, 2.75) is 56.5 Å². The van der Waals surface area contributed by atoms with Gasteiger partial charge in [0.2, 0.25) is 5.91 Å². The zero-order valence-electron chi connectivity index (χ0n) is 9.30. The van der Waals surface area contributed by atoms with Crippen LogP contribution in [0.1, 0.15) is 44.9 Å². The largest absolute Gasteiger partial charge is 0.353 e. The molecule has 1 spiro atoms. The smallest absolute Gasteiger partial charge is 0.237 e. The molecule has 2 saturated heterocycles. The van der Waals surface area contributed by atoms with Crippen LogP contribution in [0.3, 0.4) is 0 Å². The molecule has 3 aliphatic rings. The van der Waals surface area contributed by atoms with Crippen LogP contribution in [-0.4, -0.2) is 35.5 Å². The number of carbonyl (C=O) groups is 1. The maximum Gasteiger partial charge on any atom is 0.237 e. The van der Waals surface area contributed by atoms with Gasteiger partial charge in [-0.15, -0.1) is 0 Å². The number of hydrogen-bond donors (Lipinski definition) is 1. The number of carbonyl (C=O) groups excluding carboxylic acids is 1. The molecule has 0 aromatic heterocycles. The van der Waals surface area contributed by atoms with E-state index >= 15 is 0 Å². The molecule has 0 unspecified atom stereocenters. The van der Waals surface area contributed by atoms with Crippen molar-refractivity contribution in [3.8, 4) is 0 Å². The van der Waals surface area contributed by atoms with Crippen molar-refractivity contribution in [2.75, 3.05) is 13.1 Å². The summed E-state index contributed by atoms with van der Waals surface area (Å²) in [6.07, 6.45) is 8.95. The molecule has 15 heavy (non-hydrogen) atoms. The molecular weight excluding hydrogens is 188 g/mol. The lowest BCUT2D eigenvalue weighted by Gasteiger charge is -2.50. The fourth-order valence-corrected chi connectivity index (χ4v) is 3.75. The molecule has 3 nitrogen and oxygen atoms in total. The monoisotopic (exact) mass is 208 g/mol. The third-order valence-electron chi connectivity index (χ3n) is 4.54. The van der Waals surface area contributed by atoms with E-state index in [2.05, 4.69) is 10.2 Å². The van der Waals surface area contributed by atoms with Gasteiger partial charge in [0.15, 0.2) is 0 Å². The zero-order valence-corrected chi connectivity index (χ0v) is 9.30. The Balaban J connectivity index is 1.86. The van der Waals surface area contributed by atoms with E-state index in [1.807, 2.05) is 0 Å². The number of fused-ring (bicyclic) bond motifs is 2. The van der Waals surface area contributed by atoms with Crippen molar-refractivity contribution in [1.82, 2.24) is 10.2 Å². The summed E-state index contributed by atoms with van der Waals surface area (Å²) in [6, 6.07) is 0.205. The molecule has 3 heteroatoms. The first kappa shape index (κ1) is 9.64. The third kappa shape index (κ3) is 1.40. The van der Waals surface area contributed by atoms with Crippen LogP contribution in [0.5, 0.6) is 0 Å². The van der Waals surface area contributed by atoms with Crippen LogP contribution in [0.4, 0.5) is 0 Å². The highest BCUT2D eigenvalue weighted by molar-refractivity contribution is 5.83. The van der Waals surface area contributed by atoms with Gasteiger partial charge in [0.05, 0.1) is 6.04 Å². The fourth-order valence-electron chi connectivity index (χ4n) is 3.75. The van der Waals surface area contributed by atoms with Crippen molar-refractivity contribution in [2.24, 2.45) is 0 Å². The van der Waals surface area contributed by atoms with E-state index in [0.29, 0.717) is 5.54 Å². The van der Waals surface area contributed by atoms with Gasteiger partial charge in [0.1, 0.15) is 0 Å². The number of amides is 1. The molecule has 0 aromatic carbocycles. The predicted octanol–water partition coefficient (Wildman–Crippen LogP) is 1.28. The minimum Gasteiger partial charge on any atom is -0.353 e. The Bertz CT molecular complexity index is 271. The van der Waals surface area contributed by atoms with Gasteiger partial charge in [-0.25, -0.2) is 0 Å². The highest BCUT2D eigenvalue weighted by Gasteiger charge is 2.48. The van der Waals surface area contributed by atoms with E-state index in [4.69, 9.17) is 0 Å². The summed E-state index contributed by atoms with van der Waals surface area (Å²) >= 11 is 0. The van der Waals surface area contributed by atoms with Gasteiger partial charge in [-0.3, -0.25) is 9.69 Å².